The second kappa shape index (κ2) is 6.99. The lowest BCUT2D eigenvalue weighted by Gasteiger charge is -2.10. The predicted molar refractivity (Wildman–Crippen MR) is 67.8 cm³/mol. The van der Waals surface area contributed by atoms with Crippen LogP contribution in [-0.2, 0) is 19.1 Å². The Hall–Kier alpha value is -1.58. The van der Waals surface area contributed by atoms with Crippen LogP contribution in [0, 0.1) is 5.92 Å². The SMILES string of the molecule is CCOC(=O)C1=CCCC(C)C=C1C(=O)OCC. The number of ether oxygens (including phenoxy) is 2. The Bertz CT molecular complexity index is 379. The van der Waals surface area contributed by atoms with Crippen molar-refractivity contribution >= 4 is 11.9 Å². The minimum Gasteiger partial charge on any atom is -0.462 e. The van der Waals surface area contributed by atoms with Crippen LogP contribution < -0.4 is 0 Å². The molecule has 0 amide bonds. The molecule has 0 spiro atoms. The summed E-state index contributed by atoms with van der Waals surface area (Å²) in [5.41, 5.74) is 0.667. The van der Waals surface area contributed by atoms with Crippen LogP contribution in [0.4, 0.5) is 0 Å². The summed E-state index contributed by atoms with van der Waals surface area (Å²) < 4.78 is 9.96. The van der Waals surface area contributed by atoms with Gasteiger partial charge in [0, 0.05) is 0 Å². The number of carbonyl (C=O) groups is 2. The second-order valence-electron chi connectivity index (χ2n) is 4.19. The fraction of sp³-hybridized carbons (Fsp3) is 0.571. The lowest BCUT2D eigenvalue weighted by Crippen LogP contribution is -2.17. The van der Waals surface area contributed by atoms with Gasteiger partial charge in [-0.05, 0) is 32.6 Å². The van der Waals surface area contributed by atoms with Crippen LogP contribution in [-0.4, -0.2) is 25.2 Å². The van der Waals surface area contributed by atoms with Gasteiger partial charge in [-0.3, -0.25) is 0 Å². The van der Waals surface area contributed by atoms with E-state index in [4.69, 9.17) is 9.47 Å². The smallest absolute Gasteiger partial charge is 0.338 e. The van der Waals surface area contributed by atoms with Crippen molar-refractivity contribution in [1.82, 2.24) is 0 Å². The topological polar surface area (TPSA) is 52.6 Å². The maximum atomic E-state index is 11.9. The Morgan fingerprint density at radius 3 is 2.28 bits per heavy atom. The largest absolute Gasteiger partial charge is 0.462 e. The Kier molecular flexibility index (Phi) is 5.62. The van der Waals surface area contributed by atoms with Crippen LogP contribution in [0.2, 0.25) is 0 Å². The summed E-state index contributed by atoms with van der Waals surface area (Å²) in [5, 5.41) is 0. The standard InChI is InChI=1S/C14H20O4/c1-4-17-13(15)11-8-6-7-10(3)9-12(11)14(16)18-5-2/h8-10H,4-7H2,1-3H3. The summed E-state index contributed by atoms with van der Waals surface area (Å²) >= 11 is 0. The molecular weight excluding hydrogens is 232 g/mol. The van der Waals surface area contributed by atoms with Gasteiger partial charge in [0.2, 0.25) is 0 Å². The third-order valence-electron chi connectivity index (χ3n) is 2.70. The summed E-state index contributed by atoms with van der Waals surface area (Å²) in [7, 11) is 0. The van der Waals surface area contributed by atoms with Crippen molar-refractivity contribution in [3.8, 4) is 0 Å². The van der Waals surface area contributed by atoms with Gasteiger partial charge in [-0.25, -0.2) is 9.59 Å². The Balaban J connectivity index is 3.02. The molecule has 1 rings (SSSR count). The van der Waals surface area contributed by atoms with Crippen molar-refractivity contribution in [3.63, 3.8) is 0 Å². The van der Waals surface area contributed by atoms with Gasteiger partial charge in [0.15, 0.2) is 0 Å². The zero-order valence-corrected chi connectivity index (χ0v) is 11.2. The molecule has 0 aliphatic heterocycles. The molecule has 1 aliphatic rings. The van der Waals surface area contributed by atoms with E-state index in [2.05, 4.69) is 0 Å². The molecule has 0 N–H and O–H groups in total. The third kappa shape index (κ3) is 3.72. The number of esters is 2. The van der Waals surface area contributed by atoms with Gasteiger partial charge in [-0.15, -0.1) is 0 Å². The molecule has 1 unspecified atom stereocenters. The highest BCUT2D eigenvalue weighted by atomic mass is 16.5. The van der Waals surface area contributed by atoms with E-state index in [-0.39, 0.29) is 5.92 Å². The van der Waals surface area contributed by atoms with Gasteiger partial charge in [-0.2, -0.15) is 0 Å². The molecule has 1 aliphatic carbocycles. The first kappa shape index (κ1) is 14.5. The van der Waals surface area contributed by atoms with E-state index >= 15 is 0 Å². The molecule has 18 heavy (non-hydrogen) atoms. The highest BCUT2D eigenvalue weighted by Crippen LogP contribution is 2.24. The molecule has 4 heteroatoms. The molecule has 100 valence electrons. The van der Waals surface area contributed by atoms with Gasteiger partial charge in [0.1, 0.15) is 0 Å². The molecule has 0 fully saturated rings. The van der Waals surface area contributed by atoms with Gasteiger partial charge in [0.25, 0.3) is 0 Å². The van der Waals surface area contributed by atoms with E-state index in [1.54, 1.807) is 26.0 Å². The summed E-state index contributed by atoms with van der Waals surface area (Å²) in [5.74, 6) is -0.663. The maximum absolute atomic E-state index is 11.9. The van der Waals surface area contributed by atoms with E-state index < -0.39 is 11.9 Å². The Morgan fingerprint density at radius 1 is 1.17 bits per heavy atom. The number of hydrogen-bond acceptors (Lipinski definition) is 4. The van der Waals surface area contributed by atoms with E-state index in [0.717, 1.165) is 12.8 Å². The number of allylic oxidation sites excluding steroid dienone is 2. The van der Waals surface area contributed by atoms with Crippen molar-refractivity contribution in [2.45, 2.75) is 33.6 Å². The van der Waals surface area contributed by atoms with Gasteiger partial charge < -0.3 is 9.47 Å². The Labute approximate surface area is 108 Å². The van der Waals surface area contributed by atoms with Crippen molar-refractivity contribution in [1.29, 1.82) is 0 Å². The van der Waals surface area contributed by atoms with Crippen LogP contribution in [0.3, 0.4) is 0 Å². The van der Waals surface area contributed by atoms with Crippen LogP contribution in [0.15, 0.2) is 23.3 Å². The van der Waals surface area contributed by atoms with E-state index in [0.29, 0.717) is 24.4 Å². The van der Waals surface area contributed by atoms with Crippen molar-refractivity contribution in [3.05, 3.63) is 23.3 Å². The van der Waals surface area contributed by atoms with Crippen LogP contribution in [0.5, 0.6) is 0 Å². The zero-order chi connectivity index (χ0) is 13.5. The fourth-order valence-corrected chi connectivity index (χ4v) is 1.85. The average molecular weight is 252 g/mol. The first-order valence-electron chi connectivity index (χ1n) is 6.36. The molecular formula is C14H20O4. The fourth-order valence-electron chi connectivity index (χ4n) is 1.85. The van der Waals surface area contributed by atoms with Gasteiger partial charge in [-0.1, -0.05) is 19.1 Å². The van der Waals surface area contributed by atoms with E-state index in [1.165, 1.54) is 0 Å². The highest BCUT2D eigenvalue weighted by molar-refractivity contribution is 6.07. The monoisotopic (exact) mass is 252 g/mol. The second-order valence-corrected chi connectivity index (χ2v) is 4.19. The first-order chi connectivity index (χ1) is 8.60. The minimum atomic E-state index is -0.453. The maximum Gasteiger partial charge on any atom is 0.338 e. The predicted octanol–water partition coefficient (Wildman–Crippen LogP) is 2.40. The van der Waals surface area contributed by atoms with Crippen molar-refractivity contribution in [2.75, 3.05) is 13.2 Å². The normalized spacial score (nSPS) is 19.4. The number of hydrogen-bond donors (Lipinski definition) is 0. The summed E-state index contributed by atoms with van der Waals surface area (Å²) in [6.45, 7) is 6.08. The molecule has 0 saturated heterocycles. The average Bonchev–Trinajstić information content (AvgIpc) is 2.51. The van der Waals surface area contributed by atoms with Crippen LogP contribution in [0.25, 0.3) is 0 Å². The molecule has 0 heterocycles. The summed E-state index contributed by atoms with van der Waals surface area (Å²) in [4.78, 5) is 23.7. The van der Waals surface area contributed by atoms with E-state index in [9.17, 15) is 9.59 Å². The molecule has 0 bridgehead atoms. The van der Waals surface area contributed by atoms with E-state index in [1.807, 2.05) is 6.92 Å². The van der Waals surface area contributed by atoms with Crippen LogP contribution >= 0.6 is 0 Å². The van der Waals surface area contributed by atoms with Crippen LogP contribution in [0.1, 0.15) is 33.6 Å². The lowest BCUT2D eigenvalue weighted by molar-refractivity contribution is -0.142. The number of carbonyl (C=O) groups excluding carboxylic acids is 2. The summed E-state index contributed by atoms with van der Waals surface area (Å²) in [6, 6.07) is 0. The summed E-state index contributed by atoms with van der Waals surface area (Å²) in [6.07, 6.45) is 5.23. The quantitative estimate of drug-likeness (QED) is 0.721. The third-order valence-corrected chi connectivity index (χ3v) is 2.70. The zero-order valence-electron chi connectivity index (χ0n) is 11.2. The molecule has 0 radical (unpaired) electrons. The highest BCUT2D eigenvalue weighted by Gasteiger charge is 2.25. The number of rotatable bonds is 4. The Morgan fingerprint density at radius 2 is 1.72 bits per heavy atom. The lowest BCUT2D eigenvalue weighted by atomic mass is 10.0. The van der Waals surface area contributed by atoms with Gasteiger partial charge in [0.05, 0.1) is 24.4 Å². The molecule has 4 nitrogen and oxygen atoms in total. The molecule has 0 aromatic rings. The van der Waals surface area contributed by atoms with Gasteiger partial charge >= 0.3 is 11.9 Å². The van der Waals surface area contributed by atoms with Crippen molar-refractivity contribution < 1.29 is 19.1 Å². The molecule has 0 aromatic carbocycles. The molecule has 1 atom stereocenters. The molecule has 0 saturated carbocycles. The minimum absolute atomic E-state index is 0.243. The molecule has 0 aromatic heterocycles. The first-order valence-corrected chi connectivity index (χ1v) is 6.36. The van der Waals surface area contributed by atoms with Crippen molar-refractivity contribution in [2.24, 2.45) is 5.92 Å².